The zero-order valence-electron chi connectivity index (χ0n) is 11.8. The summed E-state index contributed by atoms with van der Waals surface area (Å²) in [5.41, 5.74) is 0.747. The van der Waals surface area contributed by atoms with Gasteiger partial charge in [0.25, 0.3) is 0 Å². The molecule has 1 unspecified atom stereocenters. The highest BCUT2D eigenvalue weighted by Crippen LogP contribution is 2.19. The molecule has 1 saturated heterocycles. The third-order valence-electron chi connectivity index (χ3n) is 3.40. The van der Waals surface area contributed by atoms with Gasteiger partial charge in [-0.15, -0.1) is 0 Å². The van der Waals surface area contributed by atoms with Crippen LogP contribution in [0.5, 0.6) is 0 Å². The highest BCUT2D eigenvalue weighted by molar-refractivity contribution is 7.89. The number of likely N-dealkylation sites (N-methyl/N-ethyl adjacent to an activating group) is 1. The Hall–Kier alpha value is -1.60. The number of hydrogen-bond acceptors (Lipinski definition) is 4. The van der Waals surface area contributed by atoms with E-state index in [1.54, 1.807) is 36.2 Å². The lowest BCUT2D eigenvalue weighted by Crippen LogP contribution is -2.30. The van der Waals surface area contributed by atoms with Gasteiger partial charge in [-0.25, -0.2) is 12.7 Å². The quantitative estimate of drug-likeness (QED) is 0.882. The molecule has 1 aromatic carbocycles. The number of carbonyl (C=O) groups excluding carboxylic acids is 1. The number of amides is 1. The maximum Gasteiger partial charge on any atom is 0.244 e. The van der Waals surface area contributed by atoms with Crippen molar-refractivity contribution in [3.8, 4) is 0 Å². The molecule has 0 aromatic heterocycles. The van der Waals surface area contributed by atoms with Crippen LogP contribution in [0.3, 0.4) is 0 Å². The van der Waals surface area contributed by atoms with Gasteiger partial charge in [0.05, 0.1) is 4.90 Å². The molecule has 0 spiro atoms. The molecule has 0 radical (unpaired) electrons. The number of benzene rings is 1. The highest BCUT2D eigenvalue weighted by atomic mass is 32.2. The second-order valence-corrected chi connectivity index (χ2v) is 7.21. The molecule has 0 aliphatic carbocycles. The molecule has 6 nitrogen and oxygen atoms in total. The first-order valence-electron chi connectivity index (χ1n) is 6.36. The predicted octanol–water partition coefficient (Wildman–Crippen LogP) is 0.579. The molecule has 110 valence electrons. The summed E-state index contributed by atoms with van der Waals surface area (Å²) in [6, 6.07) is 6.22. The second kappa shape index (κ2) is 5.41. The summed E-state index contributed by atoms with van der Waals surface area (Å²) in [5, 5.41) is 3.13. The first-order chi connectivity index (χ1) is 9.32. The van der Waals surface area contributed by atoms with Crippen LogP contribution in [0.1, 0.15) is 6.42 Å². The van der Waals surface area contributed by atoms with E-state index in [1.807, 2.05) is 0 Å². The summed E-state index contributed by atoms with van der Waals surface area (Å²) >= 11 is 0. The minimum atomic E-state index is -3.41. The van der Waals surface area contributed by atoms with E-state index in [4.69, 9.17) is 0 Å². The van der Waals surface area contributed by atoms with Gasteiger partial charge in [0.1, 0.15) is 6.04 Å². The van der Waals surface area contributed by atoms with Crippen LogP contribution in [0.15, 0.2) is 29.2 Å². The summed E-state index contributed by atoms with van der Waals surface area (Å²) in [5.74, 6) is 0.0648. The number of likely N-dealkylation sites (tertiary alicyclic amines) is 1. The van der Waals surface area contributed by atoms with E-state index in [9.17, 15) is 13.2 Å². The predicted molar refractivity (Wildman–Crippen MR) is 77.0 cm³/mol. The molecular weight excluding hydrogens is 278 g/mol. The molecule has 0 saturated carbocycles. The van der Waals surface area contributed by atoms with Gasteiger partial charge in [-0.2, -0.15) is 0 Å². The molecule has 1 fully saturated rings. The van der Waals surface area contributed by atoms with Crippen molar-refractivity contribution >= 4 is 21.6 Å². The Morgan fingerprint density at radius 3 is 2.30 bits per heavy atom. The van der Waals surface area contributed by atoms with Gasteiger partial charge >= 0.3 is 0 Å². The lowest BCUT2D eigenvalue weighted by atomic mass is 10.2. The number of carbonyl (C=O) groups is 1. The van der Waals surface area contributed by atoms with E-state index in [2.05, 4.69) is 5.32 Å². The fourth-order valence-electron chi connectivity index (χ4n) is 2.09. The molecular formula is C13H19N3O3S. The van der Waals surface area contributed by atoms with Crippen LogP contribution in [0.25, 0.3) is 0 Å². The number of anilines is 1. The molecule has 1 N–H and O–H groups in total. The Kier molecular flexibility index (Phi) is 4.01. The summed E-state index contributed by atoms with van der Waals surface area (Å²) in [4.78, 5) is 13.7. The van der Waals surface area contributed by atoms with E-state index in [0.717, 1.165) is 18.7 Å². The number of nitrogens with one attached hydrogen (secondary N) is 1. The zero-order chi connectivity index (χ0) is 14.9. The number of sulfonamides is 1. The van der Waals surface area contributed by atoms with Crippen molar-refractivity contribution in [2.24, 2.45) is 0 Å². The lowest BCUT2D eigenvalue weighted by Gasteiger charge is -2.15. The number of nitrogens with zero attached hydrogens (tertiary/aromatic N) is 2. The maximum atomic E-state index is 11.9. The van der Waals surface area contributed by atoms with Crippen LogP contribution in [0, 0.1) is 0 Å². The van der Waals surface area contributed by atoms with Crippen molar-refractivity contribution in [2.75, 3.05) is 33.0 Å². The molecule has 1 atom stereocenters. The van der Waals surface area contributed by atoms with E-state index in [1.165, 1.54) is 18.4 Å². The van der Waals surface area contributed by atoms with Crippen molar-refractivity contribution in [3.05, 3.63) is 24.3 Å². The number of rotatable bonds is 4. The van der Waals surface area contributed by atoms with Gasteiger partial charge in [-0.1, -0.05) is 0 Å². The van der Waals surface area contributed by atoms with Gasteiger partial charge < -0.3 is 10.2 Å². The zero-order valence-corrected chi connectivity index (χ0v) is 12.6. The summed E-state index contributed by atoms with van der Waals surface area (Å²) in [6.45, 7) is 0.740. The third kappa shape index (κ3) is 2.78. The smallest absolute Gasteiger partial charge is 0.244 e. The summed E-state index contributed by atoms with van der Waals surface area (Å²) < 4.78 is 25.0. The van der Waals surface area contributed by atoms with Crippen molar-refractivity contribution in [1.82, 2.24) is 9.21 Å². The minimum absolute atomic E-state index is 0.0648. The van der Waals surface area contributed by atoms with E-state index >= 15 is 0 Å². The first kappa shape index (κ1) is 14.8. The Morgan fingerprint density at radius 1 is 1.25 bits per heavy atom. The third-order valence-corrected chi connectivity index (χ3v) is 5.23. The van der Waals surface area contributed by atoms with E-state index < -0.39 is 10.0 Å². The monoisotopic (exact) mass is 297 g/mol. The molecule has 1 aliphatic heterocycles. The van der Waals surface area contributed by atoms with Crippen LogP contribution in [0.4, 0.5) is 5.69 Å². The number of hydrogen-bond donors (Lipinski definition) is 1. The Morgan fingerprint density at radius 2 is 1.85 bits per heavy atom. The second-order valence-electron chi connectivity index (χ2n) is 5.06. The molecule has 2 rings (SSSR count). The van der Waals surface area contributed by atoms with Crippen molar-refractivity contribution in [3.63, 3.8) is 0 Å². The van der Waals surface area contributed by atoms with Crippen LogP contribution >= 0.6 is 0 Å². The molecule has 1 heterocycles. The highest BCUT2D eigenvalue weighted by Gasteiger charge is 2.28. The molecule has 1 aliphatic rings. The SMILES string of the molecule is CN1CCC(Nc2ccc(S(=O)(=O)N(C)C)cc2)C1=O. The van der Waals surface area contributed by atoms with Crippen molar-refractivity contribution < 1.29 is 13.2 Å². The molecule has 1 aromatic rings. The average Bonchev–Trinajstić information content (AvgIpc) is 2.71. The van der Waals surface area contributed by atoms with Gasteiger partial charge in [-0.05, 0) is 30.7 Å². The van der Waals surface area contributed by atoms with Crippen molar-refractivity contribution in [1.29, 1.82) is 0 Å². The van der Waals surface area contributed by atoms with Gasteiger partial charge in [0, 0.05) is 33.4 Å². The summed E-state index contributed by atoms with van der Waals surface area (Å²) in [7, 11) is 1.35. The molecule has 1 amide bonds. The van der Waals surface area contributed by atoms with Crippen LogP contribution in [0.2, 0.25) is 0 Å². The molecule has 20 heavy (non-hydrogen) atoms. The fraction of sp³-hybridized carbons (Fsp3) is 0.462. The first-order valence-corrected chi connectivity index (χ1v) is 7.80. The Balaban J connectivity index is 2.12. The van der Waals surface area contributed by atoms with Crippen LogP contribution in [-0.4, -0.2) is 57.3 Å². The van der Waals surface area contributed by atoms with Gasteiger partial charge in [0.15, 0.2) is 0 Å². The summed E-state index contributed by atoms with van der Waals surface area (Å²) in [6.07, 6.45) is 0.757. The van der Waals surface area contributed by atoms with Gasteiger partial charge in [0.2, 0.25) is 15.9 Å². The maximum absolute atomic E-state index is 11.9. The lowest BCUT2D eigenvalue weighted by molar-refractivity contribution is -0.127. The Bertz CT molecular complexity index is 596. The van der Waals surface area contributed by atoms with Crippen LogP contribution in [-0.2, 0) is 14.8 Å². The standard InChI is InChI=1S/C13H19N3O3S/c1-15(2)20(18,19)11-6-4-10(5-7-11)14-12-8-9-16(3)13(12)17/h4-7,12,14H,8-9H2,1-3H3. The topological polar surface area (TPSA) is 69.7 Å². The molecule has 7 heteroatoms. The fourth-order valence-corrected chi connectivity index (χ4v) is 2.99. The largest absolute Gasteiger partial charge is 0.374 e. The van der Waals surface area contributed by atoms with Gasteiger partial charge in [-0.3, -0.25) is 4.79 Å². The Labute approximate surface area is 119 Å². The van der Waals surface area contributed by atoms with Crippen molar-refractivity contribution in [2.45, 2.75) is 17.4 Å². The van der Waals surface area contributed by atoms with E-state index in [0.29, 0.717) is 0 Å². The molecule has 0 bridgehead atoms. The normalized spacial score (nSPS) is 19.7. The average molecular weight is 297 g/mol. The van der Waals surface area contributed by atoms with E-state index in [-0.39, 0.29) is 16.8 Å². The minimum Gasteiger partial charge on any atom is -0.374 e. The van der Waals surface area contributed by atoms with Crippen LogP contribution < -0.4 is 5.32 Å².